The Hall–Kier alpha value is -9.82. The molecule has 41 heteroatoms. The SMILES string of the molecule is CN[C@H](CC(C)C)C(=O)N[C@H]1C(=O)N[C@@H](CC(N)=O)C(=O)N[C@H]2C(=O)N[C@H]3C(=O)N[C@H](C(=O)N[C@H](C(=O)O)c4cc(O)cc(O)c4-c4cc3ccc4O)[C@H](O[C@H]3C[C@](C)(N)[C@@H](O)[C@H](C)O3)c3ccc(c(Cl)c3)Oc3cc2cc(c3O[C@@H]2O[C@H](CO)[C@@H](O)[C@H](O)[C@H]2O[C@H]2C[C@](C)(NCc3ccc(-c4cc(Cl)ccc4Cl)s3)[C@@H](O)[C@H](C)O2)Oc2ccc(cc2Cl)[C@H]1O. The molecule has 36 nitrogen and oxygen atoms in total. The molecule has 8 aliphatic rings. The Morgan fingerprint density at radius 3 is 1.92 bits per heavy atom. The molecule has 7 aromatic rings. The molecule has 22 atom stereocenters. The van der Waals surface area contributed by atoms with Gasteiger partial charge in [-0.05, 0) is 154 Å². The van der Waals surface area contributed by atoms with Crippen LogP contribution in [0.1, 0.15) is 130 Å². The number of likely N-dealkylation sites (N-methyl/N-ethyl adjacent to an activating group) is 1. The molecule has 15 rings (SSSR count). The number of hydrogen-bond donors (Lipinski definition) is 20. The lowest BCUT2D eigenvalue weighted by atomic mass is 9.85. The van der Waals surface area contributed by atoms with Gasteiger partial charge in [0.15, 0.2) is 36.2 Å². The first-order chi connectivity index (χ1) is 59.1. The summed E-state index contributed by atoms with van der Waals surface area (Å²) in [6, 6.07) is 8.29. The Labute approximate surface area is 738 Å². The molecule has 6 aromatic carbocycles. The monoisotopic (exact) mass is 1830 g/mol. The number of fused-ring (bicyclic) bond motifs is 15. The van der Waals surface area contributed by atoms with Crippen LogP contribution in [-0.4, -0.2) is 215 Å². The summed E-state index contributed by atoms with van der Waals surface area (Å²) in [4.78, 5) is 122. The van der Waals surface area contributed by atoms with Gasteiger partial charge in [-0.3, -0.25) is 33.6 Å². The second-order valence-electron chi connectivity index (χ2n) is 32.4. The van der Waals surface area contributed by atoms with E-state index in [0.717, 1.165) is 58.3 Å². The van der Waals surface area contributed by atoms with Gasteiger partial charge in [0, 0.05) is 78.6 Å². The van der Waals surface area contributed by atoms with Crippen LogP contribution in [-0.2, 0) is 68.6 Å². The second kappa shape index (κ2) is 38.0. The smallest absolute Gasteiger partial charge is 0.330 e. The van der Waals surface area contributed by atoms with Gasteiger partial charge in [-0.25, -0.2) is 4.79 Å². The Morgan fingerprint density at radius 1 is 0.648 bits per heavy atom. The van der Waals surface area contributed by atoms with Gasteiger partial charge in [-0.2, -0.15) is 0 Å². The quantitative estimate of drug-likeness (QED) is 0.0494. The number of benzene rings is 6. The molecule has 9 heterocycles. The fourth-order valence-corrected chi connectivity index (χ4v) is 17.9. The number of carboxylic acids is 1. The van der Waals surface area contributed by atoms with Crippen molar-refractivity contribution < 1.29 is 127 Å². The molecule has 3 fully saturated rings. The normalized spacial score (nSPS) is 29.8. The number of rotatable bonds is 19. The molecular formula is C84H94Cl4N10O26S. The molecule has 11 bridgehead atoms. The number of aliphatic hydroxyl groups is 6. The van der Waals surface area contributed by atoms with Gasteiger partial charge in [0.2, 0.25) is 53.4 Å². The van der Waals surface area contributed by atoms with E-state index in [1.54, 1.807) is 32.0 Å². The summed E-state index contributed by atoms with van der Waals surface area (Å²) < 4.78 is 52.9. The number of nitrogens with one attached hydrogen (secondary N) is 8. The zero-order valence-corrected chi connectivity index (χ0v) is 71.7. The van der Waals surface area contributed by atoms with Gasteiger partial charge in [0.05, 0.1) is 53.5 Å². The van der Waals surface area contributed by atoms with Crippen molar-refractivity contribution in [2.45, 2.75) is 207 Å². The first-order valence-electron chi connectivity index (χ1n) is 39.7. The number of thiophene rings is 1. The van der Waals surface area contributed by atoms with E-state index in [2.05, 4.69) is 42.5 Å². The molecule has 0 saturated carbocycles. The van der Waals surface area contributed by atoms with Crippen LogP contribution in [0.2, 0.25) is 20.1 Å². The van der Waals surface area contributed by atoms with Crippen molar-refractivity contribution in [1.29, 1.82) is 0 Å². The molecule has 0 aliphatic carbocycles. The van der Waals surface area contributed by atoms with Crippen LogP contribution in [0.15, 0.2) is 109 Å². The van der Waals surface area contributed by atoms with Crippen molar-refractivity contribution in [3.63, 3.8) is 0 Å². The third-order valence-electron chi connectivity index (χ3n) is 22.6. The molecule has 0 unspecified atom stereocenters. The molecule has 0 spiro atoms. The summed E-state index contributed by atoms with van der Waals surface area (Å²) in [7, 11) is 1.47. The molecule has 125 heavy (non-hydrogen) atoms. The predicted molar refractivity (Wildman–Crippen MR) is 448 cm³/mol. The first-order valence-corrected chi connectivity index (χ1v) is 42.0. The number of amides is 7. The van der Waals surface area contributed by atoms with Gasteiger partial charge >= 0.3 is 5.97 Å². The lowest BCUT2D eigenvalue weighted by Gasteiger charge is -2.48. The van der Waals surface area contributed by atoms with Crippen molar-refractivity contribution in [3.05, 3.63) is 162 Å². The van der Waals surface area contributed by atoms with Gasteiger partial charge in [-0.1, -0.05) is 78.5 Å². The number of carbonyl (C=O) groups is 8. The number of phenols is 3. The zero-order chi connectivity index (χ0) is 90.4. The van der Waals surface area contributed by atoms with E-state index in [9.17, 15) is 65.4 Å². The van der Waals surface area contributed by atoms with Crippen molar-refractivity contribution in [1.82, 2.24) is 42.5 Å². The van der Waals surface area contributed by atoms with Crippen LogP contribution in [0.25, 0.3) is 21.6 Å². The van der Waals surface area contributed by atoms with Gasteiger partial charge < -0.3 is 143 Å². The summed E-state index contributed by atoms with van der Waals surface area (Å²) >= 11 is 29.0. The maximum Gasteiger partial charge on any atom is 0.330 e. The van der Waals surface area contributed by atoms with Crippen molar-refractivity contribution in [2.75, 3.05) is 13.7 Å². The van der Waals surface area contributed by atoms with Crippen LogP contribution >= 0.6 is 57.7 Å². The molecule has 22 N–H and O–H groups in total. The number of hydrogen-bond acceptors (Lipinski definition) is 29. The maximum atomic E-state index is 16.6. The van der Waals surface area contributed by atoms with E-state index < -0.39 is 261 Å². The van der Waals surface area contributed by atoms with E-state index in [-0.39, 0.29) is 59.2 Å². The molecule has 0 radical (unpaired) electrons. The molecular weight excluding hydrogens is 1740 g/mol. The van der Waals surface area contributed by atoms with Crippen LogP contribution < -0.4 is 68.2 Å². The number of primary amides is 1. The van der Waals surface area contributed by atoms with Gasteiger partial charge in [0.25, 0.3) is 0 Å². The van der Waals surface area contributed by atoms with E-state index in [4.69, 9.17) is 95.8 Å². The fraction of sp³-hybridized carbons (Fsp3) is 0.429. The van der Waals surface area contributed by atoms with Crippen LogP contribution in [0.5, 0.6) is 46.0 Å². The van der Waals surface area contributed by atoms with Gasteiger partial charge in [0.1, 0.15) is 89.5 Å². The summed E-state index contributed by atoms with van der Waals surface area (Å²) in [5, 5.41) is 138. The topological polar surface area (TPSA) is 561 Å². The summed E-state index contributed by atoms with van der Waals surface area (Å²) in [6.45, 7) is 9.00. The largest absolute Gasteiger partial charge is 0.508 e. The van der Waals surface area contributed by atoms with E-state index in [1.807, 2.05) is 26.0 Å². The number of carbonyl (C=O) groups excluding carboxylic acids is 7. The molecule has 8 aliphatic heterocycles. The highest BCUT2D eigenvalue weighted by Crippen LogP contribution is 2.51. The number of halogens is 4. The highest BCUT2D eigenvalue weighted by atomic mass is 35.5. The van der Waals surface area contributed by atoms with E-state index >= 15 is 24.0 Å². The lowest BCUT2D eigenvalue weighted by molar-refractivity contribution is -0.334. The zero-order valence-electron chi connectivity index (χ0n) is 67.8. The molecule has 7 amide bonds. The van der Waals surface area contributed by atoms with Crippen molar-refractivity contribution >= 4 is 105 Å². The standard InChI is InChI=1S/C84H94Cl4N10O26S/c1-32(2)18-48(91-7)75(109)97-65-67(104)36-9-15-52(46(87)20-36)119-54-22-38-23-55(71(54)124-82-72(69(106)68(105)56(31-99)121-82)123-60-29-84(6,74(108)34(4)118-60)92-30-41-12-17-57(125-41)42-24-39(85)11-13-45(42)86)120-53-16-10-37(21-47(53)88)70(122-59-28-83(5,90)73(107)33(3)117-59)66-80(114)96-64(81(115)116)44-25-40(100)26-51(102)61(44)43-19-35(8-14-50(43)101)62(77(111)98-66)95-78(112)63(38)94-76(110)49(27-58(89)103)93-79(65)113/h8-17,19-26,32-34,48-49,56,59-60,62-70,72-74,82,91-92,99-102,104-108H,18,27-31,90H2,1-7H3,(H2,89,103)(H,93,113)(H,94,110)(H,95,112)(H,96,114)(H,97,109)(H,98,111)(H,115,116)/t33-,34-,48+,49-,56+,59-,60-,62+,63+,64-,65+,66-,67+,68+,69-,70+,72+,73-,74-,82-,83-,84-/m0/s1. The minimum Gasteiger partial charge on any atom is -0.508 e. The molecule has 1 aromatic heterocycles. The summed E-state index contributed by atoms with van der Waals surface area (Å²) in [5.74, 6) is -16.2. The highest BCUT2D eigenvalue weighted by molar-refractivity contribution is 7.15. The highest BCUT2D eigenvalue weighted by Gasteiger charge is 2.53. The number of nitrogens with two attached hydrogens (primary N) is 2. The molecule has 3 saturated heterocycles. The fourth-order valence-electron chi connectivity index (χ4n) is 16.0. The van der Waals surface area contributed by atoms with E-state index in [0.29, 0.717) is 15.6 Å². The Morgan fingerprint density at radius 2 is 1.28 bits per heavy atom. The van der Waals surface area contributed by atoms with Crippen molar-refractivity contribution in [2.24, 2.45) is 17.4 Å². The van der Waals surface area contributed by atoms with Crippen LogP contribution in [0, 0.1) is 5.92 Å². The van der Waals surface area contributed by atoms with Gasteiger partial charge in [-0.15, -0.1) is 11.3 Å². The third kappa shape index (κ3) is 20.1. The molecule has 670 valence electrons. The number of ether oxygens (including phenoxy) is 8. The van der Waals surface area contributed by atoms with Crippen molar-refractivity contribution in [3.8, 4) is 67.6 Å². The number of carboxylic acid groups (broad SMARTS) is 1. The average Bonchev–Trinajstić information content (AvgIpc) is 1.02. The second-order valence-corrected chi connectivity index (χ2v) is 35.2. The number of phenolic OH excluding ortho intramolecular Hbond substituents is 3. The Balaban J connectivity index is 1.02. The third-order valence-corrected chi connectivity index (χ3v) is 24.9. The Kier molecular flexibility index (Phi) is 28.2. The van der Waals surface area contributed by atoms with E-state index in [1.165, 1.54) is 62.6 Å². The lowest BCUT2D eigenvalue weighted by Crippen LogP contribution is -2.65. The summed E-state index contributed by atoms with van der Waals surface area (Å²) in [5.41, 5.74) is 7.61. The minimum absolute atomic E-state index is 0.122. The van der Waals surface area contributed by atoms with Crippen LogP contribution in [0.4, 0.5) is 0 Å². The maximum absolute atomic E-state index is 16.6. The Bertz CT molecular complexity index is 5310. The number of aliphatic carboxylic acids is 1. The number of aliphatic hydroxyl groups excluding tert-OH is 6. The van der Waals surface area contributed by atoms with Crippen LogP contribution in [0.3, 0.4) is 0 Å². The minimum atomic E-state index is -2.40. The average molecular weight is 1830 g/mol. The summed E-state index contributed by atoms with van der Waals surface area (Å²) in [6.07, 6.45) is -23.1. The number of aromatic hydroxyl groups is 3. The predicted octanol–water partition coefficient (Wildman–Crippen LogP) is 5.21. The first kappa shape index (κ1) is 92.8.